The standard InChI is InChI=1S/C18H12Br2N2O4S/c19-11-3-5-13(6-4-11)21-18-22-17(25)15(27-18)7-10-1-2-12(20)8-14(10)26-9-16(23)24/h1-8H,9H2,(H,23,24)(H,21,22,25)/b15-7+. The second kappa shape index (κ2) is 8.73. The van der Waals surface area contributed by atoms with Crippen LogP contribution in [0, 0.1) is 0 Å². The molecule has 9 heteroatoms. The first kappa shape index (κ1) is 19.7. The summed E-state index contributed by atoms with van der Waals surface area (Å²) in [6, 6.07) is 12.6. The van der Waals surface area contributed by atoms with Gasteiger partial charge in [0.15, 0.2) is 11.8 Å². The molecule has 1 aliphatic rings. The summed E-state index contributed by atoms with van der Waals surface area (Å²) in [6.07, 6.45) is 1.65. The number of aliphatic imine (C=N–C) groups is 1. The van der Waals surface area contributed by atoms with Crippen molar-refractivity contribution in [2.75, 3.05) is 6.61 Å². The maximum atomic E-state index is 12.2. The van der Waals surface area contributed by atoms with E-state index >= 15 is 0 Å². The fourth-order valence-corrected chi connectivity index (χ4v) is 3.58. The Balaban J connectivity index is 1.84. The lowest BCUT2D eigenvalue weighted by molar-refractivity contribution is -0.139. The summed E-state index contributed by atoms with van der Waals surface area (Å²) in [5.41, 5.74) is 1.32. The number of nitrogens with one attached hydrogen (secondary N) is 1. The third-order valence-electron chi connectivity index (χ3n) is 3.32. The van der Waals surface area contributed by atoms with E-state index in [1.165, 1.54) is 11.8 Å². The van der Waals surface area contributed by atoms with E-state index in [9.17, 15) is 9.59 Å². The Labute approximate surface area is 176 Å². The predicted molar refractivity (Wildman–Crippen MR) is 112 cm³/mol. The van der Waals surface area contributed by atoms with Crippen molar-refractivity contribution in [3.63, 3.8) is 0 Å². The molecule has 0 aromatic heterocycles. The highest BCUT2D eigenvalue weighted by atomic mass is 79.9. The molecule has 1 heterocycles. The van der Waals surface area contributed by atoms with Crippen molar-refractivity contribution < 1.29 is 19.4 Å². The number of carboxylic acids is 1. The number of nitrogens with zero attached hydrogens (tertiary/aromatic N) is 1. The van der Waals surface area contributed by atoms with E-state index in [-0.39, 0.29) is 5.91 Å². The SMILES string of the molecule is O=C(O)COc1cc(Br)ccc1/C=C1/SC(=Nc2ccc(Br)cc2)NC1=O. The van der Waals surface area contributed by atoms with E-state index in [4.69, 9.17) is 9.84 Å². The molecule has 1 saturated heterocycles. The normalized spacial score (nSPS) is 16.6. The van der Waals surface area contributed by atoms with E-state index in [1.807, 2.05) is 24.3 Å². The summed E-state index contributed by atoms with van der Waals surface area (Å²) < 4.78 is 6.99. The van der Waals surface area contributed by atoms with Crippen molar-refractivity contribution in [2.24, 2.45) is 4.99 Å². The molecule has 2 aromatic carbocycles. The van der Waals surface area contributed by atoms with Gasteiger partial charge in [-0.15, -0.1) is 0 Å². The van der Waals surface area contributed by atoms with E-state index in [0.29, 0.717) is 21.4 Å². The van der Waals surface area contributed by atoms with Crippen molar-refractivity contribution in [2.45, 2.75) is 0 Å². The average Bonchev–Trinajstić information content (AvgIpc) is 2.96. The molecule has 27 heavy (non-hydrogen) atoms. The Morgan fingerprint density at radius 3 is 2.59 bits per heavy atom. The molecular weight excluding hydrogens is 500 g/mol. The zero-order chi connectivity index (χ0) is 19.4. The molecule has 0 radical (unpaired) electrons. The number of hydrogen-bond acceptors (Lipinski definition) is 5. The summed E-state index contributed by atoms with van der Waals surface area (Å²) in [4.78, 5) is 27.9. The van der Waals surface area contributed by atoms with Gasteiger partial charge in [0.1, 0.15) is 5.75 Å². The van der Waals surface area contributed by atoms with E-state index in [1.54, 1.807) is 24.3 Å². The molecule has 2 aromatic rings. The first-order valence-electron chi connectivity index (χ1n) is 7.60. The Kier molecular flexibility index (Phi) is 6.35. The van der Waals surface area contributed by atoms with Crippen molar-refractivity contribution in [3.05, 3.63) is 61.9 Å². The molecule has 0 spiro atoms. The lowest BCUT2D eigenvalue weighted by atomic mass is 10.2. The van der Waals surface area contributed by atoms with Gasteiger partial charge in [-0.05, 0) is 54.2 Å². The maximum Gasteiger partial charge on any atom is 0.341 e. The van der Waals surface area contributed by atoms with Crippen LogP contribution in [0.4, 0.5) is 5.69 Å². The van der Waals surface area contributed by atoms with Gasteiger partial charge in [-0.3, -0.25) is 4.79 Å². The second-order valence-electron chi connectivity index (χ2n) is 5.32. The van der Waals surface area contributed by atoms with E-state index in [0.717, 1.165) is 14.6 Å². The van der Waals surface area contributed by atoms with Crippen LogP contribution in [0.25, 0.3) is 6.08 Å². The Morgan fingerprint density at radius 2 is 1.89 bits per heavy atom. The molecule has 0 atom stereocenters. The number of carbonyl (C=O) groups excluding carboxylic acids is 1. The molecule has 1 aliphatic heterocycles. The monoisotopic (exact) mass is 510 g/mol. The zero-order valence-corrected chi connectivity index (χ0v) is 17.6. The van der Waals surface area contributed by atoms with Gasteiger partial charge in [-0.25, -0.2) is 9.79 Å². The molecule has 138 valence electrons. The molecule has 0 saturated carbocycles. The van der Waals surface area contributed by atoms with Gasteiger partial charge in [-0.2, -0.15) is 0 Å². The van der Waals surface area contributed by atoms with Crippen molar-refractivity contribution in [1.29, 1.82) is 0 Å². The van der Waals surface area contributed by atoms with Crippen LogP contribution in [0.2, 0.25) is 0 Å². The van der Waals surface area contributed by atoms with Gasteiger partial charge in [0, 0.05) is 14.5 Å². The lowest BCUT2D eigenvalue weighted by Crippen LogP contribution is -2.19. The third kappa shape index (κ3) is 5.44. The molecule has 1 amide bonds. The highest BCUT2D eigenvalue weighted by Gasteiger charge is 2.24. The van der Waals surface area contributed by atoms with Crippen molar-refractivity contribution in [3.8, 4) is 5.75 Å². The third-order valence-corrected chi connectivity index (χ3v) is 5.25. The van der Waals surface area contributed by atoms with Crippen LogP contribution < -0.4 is 10.1 Å². The van der Waals surface area contributed by atoms with Crippen LogP contribution >= 0.6 is 43.6 Å². The highest BCUT2D eigenvalue weighted by molar-refractivity contribution is 9.10. The maximum absolute atomic E-state index is 12.2. The summed E-state index contributed by atoms with van der Waals surface area (Å²) in [5.74, 6) is -0.987. The lowest BCUT2D eigenvalue weighted by Gasteiger charge is -2.08. The van der Waals surface area contributed by atoms with Crippen molar-refractivity contribution in [1.82, 2.24) is 5.32 Å². The average molecular weight is 512 g/mol. The number of aliphatic carboxylic acids is 1. The number of ether oxygens (including phenoxy) is 1. The van der Waals surface area contributed by atoms with Crippen LogP contribution in [0.5, 0.6) is 5.75 Å². The topological polar surface area (TPSA) is 88.0 Å². The zero-order valence-electron chi connectivity index (χ0n) is 13.6. The van der Waals surface area contributed by atoms with Crippen LogP contribution in [0.1, 0.15) is 5.56 Å². The van der Waals surface area contributed by atoms with Gasteiger partial charge in [0.2, 0.25) is 0 Å². The largest absolute Gasteiger partial charge is 0.481 e. The number of thioether (sulfide) groups is 1. The number of carbonyl (C=O) groups is 2. The van der Waals surface area contributed by atoms with Gasteiger partial charge in [0.25, 0.3) is 5.91 Å². The van der Waals surface area contributed by atoms with Crippen LogP contribution in [-0.2, 0) is 9.59 Å². The number of hydrogen-bond donors (Lipinski definition) is 2. The number of amides is 1. The molecule has 2 N–H and O–H groups in total. The molecule has 0 unspecified atom stereocenters. The molecule has 3 rings (SSSR count). The summed E-state index contributed by atoms with van der Waals surface area (Å²) in [7, 11) is 0. The fourth-order valence-electron chi connectivity index (χ4n) is 2.15. The van der Waals surface area contributed by atoms with Gasteiger partial charge in [-0.1, -0.05) is 37.9 Å². The molecule has 0 bridgehead atoms. The van der Waals surface area contributed by atoms with Crippen LogP contribution in [-0.4, -0.2) is 28.8 Å². The first-order chi connectivity index (χ1) is 12.9. The minimum atomic E-state index is -1.08. The Bertz CT molecular complexity index is 958. The van der Waals surface area contributed by atoms with E-state index in [2.05, 4.69) is 42.2 Å². The van der Waals surface area contributed by atoms with Crippen molar-refractivity contribution >= 4 is 72.4 Å². The van der Waals surface area contributed by atoms with Gasteiger partial charge in [0.05, 0.1) is 10.6 Å². The number of carboxylic acid groups (broad SMARTS) is 1. The quantitative estimate of drug-likeness (QED) is 0.574. The second-order valence-corrected chi connectivity index (χ2v) is 8.18. The van der Waals surface area contributed by atoms with Gasteiger partial charge >= 0.3 is 5.97 Å². The first-order valence-corrected chi connectivity index (χ1v) is 10.0. The minimum Gasteiger partial charge on any atom is -0.481 e. The predicted octanol–water partition coefficient (Wildman–Crippen LogP) is 4.57. The number of benzene rings is 2. The number of halogens is 2. The molecular formula is C18H12Br2N2O4S. The van der Waals surface area contributed by atoms with Gasteiger partial charge < -0.3 is 15.2 Å². The minimum absolute atomic E-state index is 0.275. The highest BCUT2D eigenvalue weighted by Crippen LogP contribution is 2.32. The van der Waals surface area contributed by atoms with E-state index < -0.39 is 12.6 Å². The molecule has 6 nitrogen and oxygen atoms in total. The number of amidine groups is 1. The van der Waals surface area contributed by atoms with Crippen LogP contribution in [0.3, 0.4) is 0 Å². The summed E-state index contributed by atoms with van der Waals surface area (Å²) in [5, 5.41) is 12.0. The number of rotatable bonds is 5. The summed E-state index contributed by atoms with van der Waals surface area (Å²) >= 11 is 7.89. The Hall–Kier alpha value is -2.10. The molecule has 1 fully saturated rings. The fraction of sp³-hybridized carbons (Fsp3) is 0.0556. The summed E-state index contributed by atoms with van der Waals surface area (Å²) in [6.45, 7) is -0.470. The smallest absolute Gasteiger partial charge is 0.341 e. The van der Waals surface area contributed by atoms with Crippen LogP contribution in [0.15, 0.2) is 61.3 Å². The molecule has 0 aliphatic carbocycles. The Morgan fingerprint density at radius 1 is 1.19 bits per heavy atom.